The first kappa shape index (κ1) is 14.9. The Hall–Kier alpha value is -0.540. The van der Waals surface area contributed by atoms with E-state index in [9.17, 15) is 0 Å². The molecule has 1 aromatic carbocycles. The summed E-state index contributed by atoms with van der Waals surface area (Å²) < 4.78 is 0. The molecule has 0 saturated carbocycles. The number of nitrogens with one attached hydrogen (secondary N) is 1. The molecule has 1 aromatic heterocycles. The molecule has 0 fully saturated rings. The molecule has 2 aromatic rings. The molecule has 0 radical (unpaired) electrons. The number of hydrogen-bond donors (Lipinski definition) is 1. The average molecular weight is 314 g/mol. The normalized spacial score (nSPS) is 12.6. The van der Waals surface area contributed by atoms with Crippen molar-refractivity contribution in [2.45, 2.75) is 26.3 Å². The number of thiophene rings is 1. The van der Waals surface area contributed by atoms with Gasteiger partial charge >= 0.3 is 0 Å². The van der Waals surface area contributed by atoms with E-state index in [0.29, 0.717) is 10.0 Å². The van der Waals surface area contributed by atoms with Crippen LogP contribution in [0.1, 0.15) is 35.4 Å². The highest BCUT2D eigenvalue weighted by Gasteiger charge is 2.17. The van der Waals surface area contributed by atoms with Gasteiger partial charge in [0.05, 0.1) is 6.04 Å². The lowest BCUT2D eigenvalue weighted by molar-refractivity contribution is 0.600. The van der Waals surface area contributed by atoms with E-state index in [-0.39, 0.29) is 6.04 Å². The van der Waals surface area contributed by atoms with Crippen LogP contribution in [0, 0.1) is 6.92 Å². The van der Waals surface area contributed by atoms with Crippen molar-refractivity contribution in [3.8, 4) is 0 Å². The maximum Gasteiger partial charge on any atom is 0.0599 e. The summed E-state index contributed by atoms with van der Waals surface area (Å²) in [5.41, 5.74) is 2.34. The molecule has 19 heavy (non-hydrogen) atoms. The number of rotatable bonds is 5. The summed E-state index contributed by atoms with van der Waals surface area (Å²) in [7, 11) is 0. The summed E-state index contributed by atoms with van der Waals surface area (Å²) in [5.74, 6) is 0. The summed E-state index contributed by atoms with van der Waals surface area (Å²) in [6, 6.07) is 8.05. The number of halogens is 2. The van der Waals surface area contributed by atoms with Gasteiger partial charge in [-0.1, -0.05) is 36.2 Å². The number of aryl methyl sites for hydroxylation is 1. The highest BCUT2D eigenvalue weighted by molar-refractivity contribution is 7.10. The zero-order valence-corrected chi connectivity index (χ0v) is 13.4. The van der Waals surface area contributed by atoms with Gasteiger partial charge in [0.1, 0.15) is 0 Å². The van der Waals surface area contributed by atoms with Gasteiger partial charge in [0.25, 0.3) is 0 Å². The van der Waals surface area contributed by atoms with Gasteiger partial charge < -0.3 is 5.32 Å². The molecular formula is C15H17Cl2NS. The molecule has 0 aliphatic carbocycles. The Morgan fingerprint density at radius 1 is 1.26 bits per heavy atom. The molecule has 1 N–H and O–H groups in total. The Kier molecular flexibility index (Phi) is 5.28. The smallest absolute Gasteiger partial charge is 0.0599 e. The lowest BCUT2D eigenvalue weighted by Gasteiger charge is -2.19. The molecule has 1 heterocycles. The van der Waals surface area contributed by atoms with Gasteiger partial charge in [-0.15, -0.1) is 11.3 Å². The minimum absolute atomic E-state index is 0.134. The first-order valence-corrected chi connectivity index (χ1v) is 7.98. The maximum absolute atomic E-state index is 6.34. The summed E-state index contributed by atoms with van der Waals surface area (Å²) >= 11 is 14.1. The second-order valence-electron chi connectivity index (χ2n) is 4.54. The molecule has 2 rings (SSSR count). The molecule has 0 saturated heterocycles. The largest absolute Gasteiger partial charge is 0.306 e. The van der Waals surface area contributed by atoms with Crippen molar-refractivity contribution in [3.05, 3.63) is 55.7 Å². The fraction of sp³-hybridized carbons (Fsp3) is 0.333. The first-order valence-electron chi connectivity index (χ1n) is 6.35. The van der Waals surface area contributed by atoms with E-state index in [1.807, 2.05) is 12.1 Å². The van der Waals surface area contributed by atoms with Crippen LogP contribution in [-0.4, -0.2) is 6.54 Å². The van der Waals surface area contributed by atoms with Crippen LogP contribution in [0.4, 0.5) is 0 Å². The molecule has 102 valence electrons. The van der Waals surface area contributed by atoms with Gasteiger partial charge in [-0.25, -0.2) is 0 Å². The molecule has 0 amide bonds. The Morgan fingerprint density at radius 3 is 2.63 bits per heavy atom. The zero-order chi connectivity index (χ0) is 13.8. The van der Waals surface area contributed by atoms with E-state index >= 15 is 0 Å². The molecule has 0 aliphatic rings. The van der Waals surface area contributed by atoms with E-state index in [1.165, 1.54) is 10.4 Å². The van der Waals surface area contributed by atoms with Crippen molar-refractivity contribution >= 4 is 34.5 Å². The van der Waals surface area contributed by atoms with Crippen LogP contribution >= 0.6 is 34.5 Å². The Morgan fingerprint density at radius 2 is 2.05 bits per heavy atom. The van der Waals surface area contributed by atoms with Gasteiger partial charge in [0, 0.05) is 14.9 Å². The average Bonchev–Trinajstić information content (AvgIpc) is 2.78. The monoisotopic (exact) mass is 313 g/mol. The summed E-state index contributed by atoms with van der Waals surface area (Å²) in [6.07, 6.45) is 1.09. The Bertz CT molecular complexity index is 551. The van der Waals surface area contributed by atoms with Crippen LogP contribution in [0.3, 0.4) is 0 Å². The number of benzene rings is 1. The second-order valence-corrected chi connectivity index (χ2v) is 6.50. The standard InChI is InChI=1S/C15H17Cl2NS/c1-3-6-18-15(11-7-10(2)19-9-11)13-5-4-12(16)8-14(13)17/h4-5,7-9,15,18H,3,6H2,1-2H3. The van der Waals surface area contributed by atoms with Crippen LogP contribution in [0.5, 0.6) is 0 Å². The summed E-state index contributed by atoms with van der Waals surface area (Å²) in [5, 5.41) is 7.13. The van der Waals surface area contributed by atoms with Crippen LogP contribution in [0.15, 0.2) is 29.6 Å². The minimum Gasteiger partial charge on any atom is -0.306 e. The van der Waals surface area contributed by atoms with E-state index < -0.39 is 0 Å². The van der Waals surface area contributed by atoms with Crippen molar-refractivity contribution < 1.29 is 0 Å². The molecule has 4 heteroatoms. The molecule has 1 atom stereocenters. The van der Waals surface area contributed by atoms with Gasteiger partial charge in [-0.3, -0.25) is 0 Å². The molecule has 1 unspecified atom stereocenters. The number of hydrogen-bond acceptors (Lipinski definition) is 2. The van der Waals surface area contributed by atoms with Crippen molar-refractivity contribution in [2.24, 2.45) is 0 Å². The lowest BCUT2D eigenvalue weighted by Crippen LogP contribution is -2.23. The predicted octanol–water partition coefficient (Wildman–Crippen LogP) is 5.45. The SMILES string of the molecule is CCCNC(c1csc(C)c1)c1ccc(Cl)cc1Cl. The summed E-state index contributed by atoms with van der Waals surface area (Å²) in [6.45, 7) is 5.24. The van der Waals surface area contributed by atoms with Crippen molar-refractivity contribution in [2.75, 3.05) is 6.54 Å². The molecule has 1 nitrogen and oxygen atoms in total. The van der Waals surface area contributed by atoms with Crippen LogP contribution in [0.2, 0.25) is 10.0 Å². The quantitative estimate of drug-likeness (QED) is 0.773. The van der Waals surface area contributed by atoms with Crippen molar-refractivity contribution in [1.29, 1.82) is 0 Å². The highest BCUT2D eigenvalue weighted by atomic mass is 35.5. The highest BCUT2D eigenvalue weighted by Crippen LogP contribution is 2.32. The van der Waals surface area contributed by atoms with E-state index in [4.69, 9.17) is 23.2 Å². The van der Waals surface area contributed by atoms with Gasteiger partial charge in [-0.05, 0) is 54.6 Å². The second kappa shape index (κ2) is 6.76. The third-order valence-corrected chi connectivity index (χ3v) is 4.40. The fourth-order valence-electron chi connectivity index (χ4n) is 2.05. The zero-order valence-electron chi connectivity index (χ0n) is 11.0. The van der Waals surface area contributed by atoms with Crippen LogP contribution in [0.25, 0.3) is 0 Å². The molecule has 0 bridgehead atoms. The third kappa shape index (κ3) is 3.73. The lowest BCUT2D eigenvalue weighted by atomic mass is 10.0. The van der Waals surface area contributed by atoms with Gasteiger partial charge in [0.15, 0.2) is 0 Å². The Labute approximate surface area is 128 Å². The van der Waals surface area contributed by atoms with Crippen molar-refractivity contribution in [3.63, 3.8) is 0 Å². The molecule has 0 aliphatic heterocycles. The fourth-order valence-corrected chi connectivity index (χ4v) is 3.29. The van der Waals surface area contributed by atoms with E-state index in [1.54, 1.807) is 17.4 Å². The topological polar surface area (TPSA) is 12.0 Å². The van der Waals surface area contributed by atoms with Gasteiger partial charge in [-0.2, -0.15) is 0 Å². The first-order chi connectivity index (χ1) is 9.11. The van der Waals surface area contributed by atoms with Gasteiger partial charge in [0.2, 0.25) is 0 Å². The Balaban J connectivity index is 2.36. The maximum atomic E-state index is 6.34. The minimum atomic E-state index is 0.134. The summed E-state index contributed by atoms with van der Waals surface area (Å²) in [4.78, 5) is 1.31. The third-order valence-electron chi connectivity index (χ3n) is 2.96. The van der Waals surface area contributed by atoms with E-state index in [2.05, 4.69) is 30.6 Å². The van der Waals surface area contributed by atoms with E-state index in [0.717, 1.165) is 18.5 Å². The molecular weight excluding hydrogens is 297 g/mol. The predicted molar refractivity (Wildman–Crippen MR) is 85.7 cm³/mol. The molecule has 0 spiro atoms. The van der Waals surface area contributed by atoms with Crippen LogP contribution < -0.4 is 5.32 Å². The van der Waals surface area contributed by atoms with Crippen LogP contribution in [-0.2, 0) is 0 Å². The van der Waals surface area contributed by atoms with Crippen molar-refractivity contribution in [1.82, 2.24) is 5.32 Å².